The highest BCUT2D eigenvalue weighted by molar-refractivity contribution is 7.92. The number of esters is 1. The molecule has 0 bridgehead atoms. The van der Waals surface area contributed by atoms with Gasteiger partial charge < -0.3 is 10.1 Å². The van der Waals surface area contributed by atoms with Crippen LogP contribution in [0.5, 0.6) is 0 Å². The summed E-state index contributed by atoms with van der Waals surface area (Å²) in [5.41, 5.74) is 1.50. The first-order chi connectivity index (χ1) is 12.9. The van der Waals surface area contributed by atoms with Crippen LogP contribution in [0.25, 0.3) is 0 Å². The summed E-state index contributed by atoms with van der Waals surface area (Å²) in [6, 6.07) is 12.9. The van der Waals surface area contributed by atoms with E-state index in [4.69, 9.17) is 4.74 Å². The molecule has 0 atom stereocenters. The lowest BCUT2D eigenvalue weighted by Gasteiger charge is -2.28. The summed E-state index contributed by atoms with van der Waals surface area (Å²) in [7, 11) is -2.02. The maximum absolute atomic E-state index is 12.5. The third kappa shape index (κ3) is 4.11. The van der Waals surface area contributed by atoms with Crippen LogP contribution in [-0.2, 0) is 14.8 Å². The second-order valence-electron chi connectivity index (χ2n) is 6.13. The molecule has 1 saturated heterocycles. The second kappa shape index (κ2) is 7.79. The van der Waals surface area contributed by atoms with Gasteiger partial charge in [-0.15, -0.1) is 0 Å². The van der Waals surface area contributed by atoms with E-state index < -0.39 is 21.9 Å². The lowest BCUT2D eigenvalue weighted by atomic mass is 10.1. The van der Waals surface area contributed by atoms with Crippen molar-refractivity contribution in [1.82, 2.24) is 0 Å². The lowest BCUT2D eigenvalue weighted by Crippen LogP contribution is -2.37. The van der Waals surface area contributed by atoms with Gasteiger partial charge in [0.25, 0.3) is 5.91 Å². The molecule has 2 aromatic rings. The Morgan fingerprint density at radius 1 is 1.04 bits per heavy atom. The normalized spacial score (nSPS) is 15.8. The molecule has 0 spiro atoms. The first-order valence-electron chi connectivity index (χ1n) is 8.51. The van der Waals surface area contributed by atoms with Crippen LogP contribution in [0.4, 0.5) is 11.4 Å². The zero-order valence-electron chi connectivity index (χ0n) is 14.8. The number of benzene rings is 2. The number of methoxy groups -OCH3 is 1. The van der Waals surface area contributed by atoms with Gasteiger partial charge in [-0.05, 0) is 49.2 Å². The summed E-state index contributed by atoms with van der Waals surface area (Å²) in [6.45, 7) is 0.445. The van der Waals surface area contributed by atoms with Crippen molar-refractivity contribution in [2.45, 2.75) is 12.8 Å². The van der Waals surface area contributed by atoms with E-state index in [1.807, 2.05) is 0 Å². The minimum atomic E-state index is -3.29. The predicted molar refractivity (Wildman–Crippen MR) is 103 cm³/mol. The SMILES string of the molecule is COC(=O)c1ccccc1NC(=O)c1ccc(N2CCCCS2(=O)=O)cc1. The molecule has 142 valence electrons. The number of carbonyl (C=O) groups excluding carboxylic acids is 2. The van der Waals surface area contributed by atoms with Crippen LogP contribution in [0.2, 0.25) is 0 Å². The van der Waals surface area contributed by atoms with E-state index >= 15 is 0 Å². The number of hydrogen-bond acceptors (Lipinski definition) is 5. The first-order valence-corrected chi connectivity index (χ1v) is 10.1. The molecule has 1 heterocycles. The number of anilines is 2. The fourth-order valence-corrected chi connectivity index (χ4v) is 4.57. The number of hydrogen-bond donors (Lipinski definition) is 1. The van der Waals surface area contributed by atoms with Gasteiger partial charge in [-0.25, -0.2) is 13.2 Å². The van der Waals surface area contributed by atoms with Crippen molar-refractivity contribution in [3.8, 4) is 0 Å². The van der Waals surface area contributed by atoms with Gasteiger partial charge in [-0.3, -0.25) is 9.10 Å². The Balaban J connectivity index is 1.78. The van der Waals surface area contributed by atoms with Gasteiger partial charge in [0.15, 0.2) is 0 Å². The van der Waals surface area contributed by atoms with Crippen LogP contribution in [0.15, 0.2) is 48.5 Å². The maximum atomic E-state index is 12.5. The van der Waals surface area contributed by atoms with E-state index in [-0.39, 0.29) is 11.3 Å². The standard InChI is InChI=1S/C19H20N2O5S/c1-26-19(23)16-6-2-3-7-17(16)20-18(22)14-8-10-15(11-9-14)21-12-4-5-13-27(21,24)25/h2-3,6-11H,4-5,12-13H2,1H3,(H,20,22). The molecule has 0 unspecified atom stereocenters. The largest absolute Gasteiger partial charge is 0.465 e. The first kappa shape index (κ1) is 18.9. The Labute approximate surface area is 158 Å². The van der Waals surface area contributed by atoms with Crippen molar-refractivity contribution in [2.75, 3.05) is 29.0 Å². The Bertz CT molecular complexity index is 954. The zero-order chi connectivity index (χ0) is 19.4. The molecule has 0 aromatic heterocycles. The molecule has 0 saturated carbocycles. The number of sulfonamides is 1. The molecule has 1 N–H and O–H groups in total. The quantitative estimate of drug-likeness (QED) is 0.813. The molecular formula is C19H20N2O5S. The number of nitrogens with zero attached hydrogens (tertiary/aromatic N) is 1. The average Bonchev–Trinajstić information content (AvgIpc) is 2.67. The molecule has 2 aromatic carbocycles. The van der Waals surface area contributed by atoms with Crippen molar-refractivity contribution in [3.05, 3.63) is 59.7 Å². The summed E-state index contributed by atoms with van der Waals surface area (Å²) in [4.78, 5) is 24.3. The van der Waals surface area contributed by atoms with E-state index in [0.717, 1.165) is 6.42 Å². The van der Waals surface area contributed by atoms with Crippen molar-refractivity contribution in [2.24, 2.45) is 0 Å². The summed E-state index contributed by atoms with van der Waals surface area (Å²) >= 11 is 0. The van der Waals surface area contributed by atoms with Gasteiger partial charge in [0, 0.05) is 12.1 Å². The van der Waals surface area contributed by atoms with E-state index in [1.165, 1.54) is 11.4 Å². The summed E-state index contributed by atoms with van der Waals surface area (Å²) in [5, 5.41) is 2.69. The lowest BCUT2D eigenvalue weighted by molar-refractivity contribution is 0.0602. The Hall–Kier alpha value is -2.87. The second-order valence-corrected chi connectivity index (χ2v) is 8.15. The third-order valence-corrected chi connectivity index (χ3v) is 6.22. The zero-order valence-corrected chi connectivity index (χ0v) is 15.7. The van der Waals surface area contributed by atoms with E-state index in [9.17, 15) is 18.0 Å². The van der Waals surface area contributed by atoms with Gasteiger partial charge in [0.05, 0.1) is 29.8 Å². The van der Waals surface area contributed by atoms with Crippen LogP contribution in [0.3, 0.4) is 0 Å². The highest BCUT2D eigenvalue weighted by atomic mass is 32.2. The van der Waals surface area contributed by atoms with Gasteiger partial charge in [0.2, 0.25) is 10.0 Å². The van der Waals surface area contributed by atoms with Gasteiger partial charge in [-0.2, -0.15) is 0 Å². The minimum absolute atomic E-state index is 0.138. The summed E-state index contributed by atoms with van der Waals surface area (Å²) < 4.78 is 30.4. The topological polar surface area (TPSA) is 92.8 Å². The average molecular weight is 388 g/mol. The monoisotopic (exact) mass is 388 g/mol. The summed E-state index contributed by atoms with van der Waals surface area (Å²) in [5.74, 6) is -0.810. The molecule has 0 radical (unpaired) electrons. The molecule has 0 aliphatic carbocycles. The number of rotatable bonds is 4. The summed E-state index contributed by atoms with van der Waals surface area (Å²) in [6.07, 6.45) is 1.48. The molecule has 8 heteroatoms. The molecule has 1 aliphatic heterocycles. The van der Waals surface area contributed by atoms with Crippen LogP contribution in [-0.4, -0.2) is 39.7 Å². The van der Waals surface area contributed by atoms with E-state index in [0.29, 0.717) is 29.9 Å². The van der Waals surface area contributed by atoms with E-state index in [1.54, 1.807) is 48.5 Å². The Morgan fingerprint density at radius 3 is 2.41 bits per heavy atom. The van der Waals surface area contributed by atoms with Gasteiger partial charge in [0.1, 0.15) is 0 Å². The van der Waals surface area contributed by atoms with Gasteiger partial charge in [-0.1, -0.05) is 12.1 Å². The number of amides is 1. The van der Waals surface area contributed by atoms with Crippen LogP contribution in [0.1, 0.15) is 33.6 Å². The van der Waals surface area contributed by atoms with Crippen molar-refractivity contribution < 1.29 is 22.7 Å². The smallest absolute Gasteiger partial charge is 0.339 e. The molecule has 3 rings (SSSR count). The highest BCUT2D eigenvalue weighted by Crippen LogP contribution is 2.24. The van der Waals surface area contributed by atoms with Crippen LogP contribution >= 0.6 is 0 Å². The third-order valence-electron chi connectivity index (χ3n) is 4.35. The number of nitrogens with one attached hydrogen (secondary N) is 1. The van der Waals surface area contributed by atoms with Crippen LogP contribution in [0, 0.1) is 0 Å². The van der Waals surface area contributed by atoms with Gasteiger partial charge >= 0.3 is 5.97 Å². The minimum Gasteiger partial charge on any atom is -0.465 e. The molecule has 7 nitrogen and oxygen atoms in total. The molecule has 1 amide bonds. The number of ether oxygens (including phenoxy) is 1. The number of carbonyl (C=O) groups is 2. The molecular weight excluding hydrogens is 368 g/mol. The van der Waals surface area contributed by atoms with Crippen molar-refractivity contribution in [1.29, 1.82) is 0 Å². The molecule has 1 aliphatic rings. The van der Waals surface area contributed by atoms with Crippen LogP contribution < -0.4 is 9.62 Å². The molecule has 27 heavy (non-hydrogen) atoms. The maximum Gasteiger partial charge on any atom is 0.339 e. The number of para-hydroxylation sites is 1. The van der Waals surface area contributed by atoms with E-state index in [2.05, 4.69) is 5.32 Å². The highest BCUT2D eigenvalue weighted by Gasteiger charge is 2.26. The molecule has 1 fully saturated rings. The predicted octanol–water partition coefficient (Wildman–Crippen LogP) is 2.66. The fourth-order valence-electron chi connectivity index (χ4n) is 2.93. The Kier molecular flexibility index (Phi) is 5.46. The van der Waals surface area contributed by atoms with Crippen molar-refractivity contribution in [3.63, 3.8) is 0 Å². The fraction of sp³-hybridized carbons (Fsp3) is 0.263. The van der Waals surface area contributed by atoms with Crippen molar-refractivity contribution >= 4 is 33.3 Å². The Morgan fingerprint density at radius 2 is 1.74 bits per heavy atom.